The van der Waals surface area contributed by atoms with Gasteiger partial charge in [-0.3, -0.25) is 4.79 Å². The Bertz CT molecular complexity index is 378. The molecule has 0 radical (unpaired) electrons. The predicted molar refractivity (Wildman–Crippen MR) is 69.9 cm³/mol. The summed E-state index contributed by atoms with van der Waals surface area (Å²) in [6.07, 6.45) is 1.32. The van der Waals surface area contributed by atoms with Crippen molar-refractivity contribution in [1.29, 1.82) is 0 Å². The minimum atomic E-state index is -0.0725. The number of amides is 1. The molecule has 1 aromatic carbocycles. The van der Waals surface area contributed by atoms with Gasteiger partial charge in [-0.1, -0.05) is 13.0 Å². The van der Waals surface area contributed by atoms with E-state index in [1.54, 1.807) is 0 Å². The predicted octanol–water partition coefficient (Wildman–Crippen LogP) is 2.33. The molecule has 1 amide bonds. The van der Waals surface area contributed by atoms with Crippen LogP contribution in [0.1, 0.15) is 25.3 Å². The van der Waals surface area contributed by atoms with E-state index in [0.717, 1.165) is 12.0 Å². The van der Waals surface area contributed by atoms with E-state index in [9.17, 15) is 4.79 Å². The molecule has 4 nitrogen and oxygen atoms in total. The van der Waals surface area contributed by atoms with Crippen LogP contribution in [-0.2, 0) is 9.53 Å². The van der Waals surface area contributed by atoms with Crippen LogP contribution in [0, 0.1) is 6.92 Å². The smallest absolute Gasteiger partial charge is 0.226 e. The number of hydrogen-bond acceptors (Lipinski definition) is 3. The van der Waals surface area contributed by atoms with Gasteiger partial charge in [0.05, 0.1) is 24.4 Å². The van der Waals surface area contributed by atoms with Crippen molar-refractivity contribution in [1.82, 2.24) is 0 Å². The van der Waals surface area contributed by atoms with Crippen LogP contribution in [0.15, 0.2) is 18.2 Å². The molecular formula is C13H20N2O2. The maximum atomic E-state index is 11.6. The average Bonchev–Trinajstić information content (AvgIpc) is 2.28. The summed E-state index contributed by atoms with van der Waals surface area (Å²) in [6.45, 7) is 5.14. The maximum absolute atomic E-state index is 11.6. The van der Waals surface area contributed by atoms with Gasteiger partial charge in [0, 0.05) is 6.61 Å². The van der Waals surface area contributed by atoms with Gasteiger partial charge in [0.15, 0.2) is 0 Å². The summed E-state index contributed by atoms with van der Waals surface area (Å²) in [5.41, 5.74) is 8.13. The number of carbonyl (C=O) groups excluding carboxylic acids is 1. The van der Waals surface area contributed by atoms with E-state index in [1.165, 1.54) is 0 Å². The second-order valence-electron chi connectivity index (χ2n) is 4.00. The van der Waals surface area contributed by atoms with Gasteiger partial charge in [-0.2, -0.15) is 0 Å². The molecule has 0 saturated carbocycles. The molecule has 1 aromatic rings. The Morgan fingerprint density at radius 2 is 2.18 bits per heavy atom. The van der Waals surface area contributed by atoms with Gasteiger partial charge in [-0.15, -0.1) is 0 Å². The first-order valence-corrected chi connectivity index (χ1v) is 5.87. The highest BCUT2D eigenvalue weighted by atomic mass is 16.5. The van der Waals surface area contributed by atoms with E-state index in [1.807, 2.05) is 32.0 Å². The van der Waals surface area contributed by atoms with Crippen LogP contribution in [0.5, 0.6) is 0 Å². The van der Waals surface area contributed by atoms with Crippen molar-refractivity contribution in [2.24, 2.45) is 0 Å². The lowest BCUT2D eigenvalue weighted by Gasteiger charge is -2.09. The summed E-state index contributed by atoms with van der Waals surface area (Å²) >= 11 is 0. The highest BCUT2D eigenvalue weighted by Crippen LogP contribution is 2.19. The second-order valence-corrected chi connectivity index (χ2v) is 4.00. The van der Waals surface area contributed by atoms with Gasteiger partial charge in [0.1, 0.15) is 0 Å². The lowest BCUT2D eigenvalue weighted by atomic mass is 10.2. The summed E-state index contributed by atoms with van der Waals surface area (Å²) in [5.74, 6) is -0.0725. The summed E-state index contributed by atoms with van der Waals surface area (Å²) in [5, 5.41) is 2.77. The van der Waals surface area contributed by atoms with Crippen LogP contribution in [-0.4, -0.2) is 19.1 Å². The molecule has 0 aliphatic carbocycles. The molecule has 17 heavy (non-hydrogen) atoms. The molecule has 0 unspecified atom stereocenters. The quantitative estimate of drug-likeness (QED) is 0.588. The zero-order valence-electron chi connectivity index (χ0n) is 10.5. The lowest BCUT2D eigenvalue weighted by molar-refractivity contribution is -0.117. The summed E-state index contributed by atoms with van der Waals surface area (Å²) in [7, 11) is 0. The summed E-state index contributed by atoms with van der Waals surface area (Å²) < 4.78 is 5.25. The Morgan fingerprint density at radius 1 is 1.41 bits per heavy atom. The van der Waals surface area contributed by atoms with Crippen LogP contribution in [0.3, 0.4) is 0 Å². The fourth-order valence-corrected chi connectivity index (χ4v) is 1.42. The van der Waals surface area contributed by atoms with Gasteiger partial charge in [0.25, 0.3) is 0 Å². The zero-order valence-corrected chi connectivity index (χ0v) is 10.5. The van der Waals surface area contributed by atoms with Crippen LogP contribution >= 0.6 is 0 Å². The summed E-state index contributed by atoms with van der Waals surface area (Å²) in [4.78, 5) is 11.6. The van der Waals surface area contributed by atoms with Crippen molar-refractivity contribution in [3.05, 3.63) is 23.8 Å². The Hall–Kier alpha value is -1.55. The van der Waals surface area contributed by atoms with E-state index in [2.05, 4.69) is 5.32 Å². The molecular weight excluding hydrogens is 216 g/mol. The SMILES string of the molecule is CCCOCCC(=O)Nc1ccc(C)cc1N. The Labute approximate surface area is 102 Å². The largest absolute Gasteiger partial charge is 0.397 e. The highest BCUT2D eigenvalue weighted by Gasteiger charge is 2.05. The number of benzene rings is 1. The molecule has 0 spiro atoms. The van der Waals surface area contributed by atoms with Crippen LogP contribution in [0.2, 0.25) is 0 Å². The fraction of sp³-hybridized carbons (Fsp3) is 0.462. The van der Waals surface area contributed by atoms with Crippen molar-refractivity contribution < 1.29 is 9.53 Å². The second kappa shape index (κ2) is 6.91. The van der Waals surface area contributed by atoms with Gasteiger partial charge in [0.2, 0.25) is 5.91 Å². The summed E-state index contributed by atoms with van der Waals surface area (Å²) in [6, 6.07) is 5.57. The van der Waals surface area contributed by atoms with Crippen molar-refractivity contribution in [2.75, 3.05) is 24.3 Å². The van der Waals surface area contributed by atoms with Gasteiger partial charge in [-0.25, -0.2) is 0 Å². The molecule has 3 N–H and O–H groups in total. The number of rotatable bonds is 6. The molecule has 0 atom stereocenters. The minimum absolute atomic E-state index is 0.0725. The van der Waals surface area contributed by atoms with E-state index < -0.39 is 0 Å². The van der Waals surface area contributed by atoms with Crippen molar-refractivity contribution in [2.45, 2.75) is 26.7 Å². The van der Waals surface area contributed by atoms with Crippen molar-refractivity contribution in [3.63, 3.8) is 0 Å². The number of aryl methyl sites for hydroxylation is 1. The third-order valence-corrected chi connectivity index (χ3v) is 2.30. The third kappa shape index (κ3) is 4.87. The van der Waals surface area contributed by atoms with E-state index in [-0.39, 0.29) is 5.91 Å². The van der Waals surface area contributed by atoms with E-state index in [0.29, 0.717) is 31.0 Å². The number of nitrogens with two attached hydrogens (primary N) is 1. The number of carbonyl (C=O) groups is 1. The van der Waals surface area contributed by atoms with Gasteiger partial charge < -0.3 is 15.8 Å². The lowest BCUT2D eigenvalue weighted by Crippen LogP contribution is -2.15. The normalized spacial score (nSPS) is 10.2. The molecule has 0 fully saturated rings. The average molecular weight is 236 g/mol. The molecule has 0 bridgehead atoms. The Kier molecular flexibility index (Phi) is 5.49. The first-order valence-electron chi connectivity index (χ1n) is 5.87. The number of nitrogen functional groups attached to an aromatic ring is 1. The molecule has 4 heteroatoms. The first kappa shape index (κ1) is 13.5. The van der Waals surface area contributed by atoms with Crippen molar-refractivity contribution in [3.8, 4) is 0 Å². The molecule has 1 rings (SSSR count). The molecule has 0 saturated heterocycles. The molecule has 0 aromatic heterocycles. The van der Waals surface area contributed by atoms with Crippen LogP contribution < -0.4 is 11.1 Å². The molecule has 94 valence electrons. The third-order valence-electron chi connectivity index (χ3n) is 2.30. The van der Waals surface area contributed by atoms with E-state index in [4.69, 9.17) is 10.5 Å². The topological polar surface area (TPSA) is 64.3 Å². The zero-order chi connectivity index (χ0) is 12.7. The number of nitrogens with one attached hydrogen (secondary N) is 1. The minimum Gasteiger partial charge on any atom is -0.397 e. The number of ether oxygens (including phenoxy) is 1. The highest BCUT2D eigenvalue weighted by molar-refractivity contribution is 5.93. The Balaban J connectivity index is 2.40. The first-order chi connectivity index (χ1) is 8.13. The van der Waals surface area contributed by atoms with Crippen LogP contribution in [0.4, 0.5) is 11.4 Å². The maximum Gasteiger partial charge on any atom is 0.226 e. The Morgan fingerprint density at radius 3 is 2.82 bits per heavy atom. The number of anilines is 2. The fourth-order valence-electron chi connectivity index (χ4n) is 1.42. The van der Waals surface area contributed by atoms with Gasteiger partial charge >= 0.3 is 0 Å². The van der Waals surface area contributed by atoms with Crippen molar-refractivity contribution >= 4 is 17.3 Å². The molecule has 0 aliphatic heterocycles. The standard InChI is InChI=1S/C13H20N2O2/c1-3-7-17-8-6-13(16)15-12-5-4-10(2)9-11(12)14/h4-5,9H,3,6-8,14H2,1-2H3,(H,15,16). The monoisotopic (exact) mass is 236 g/mol. The van der Waals surface area contributed by atoms with Crippen LogP contribution in [0.25, 0.3) is 0 Å². The molecule has 0 heterocycles. The van der Waals surface area contributed by atoms with Gasteiger partial charge in [-0.05, 0) is 31.0 Å². The number of hydrogen-bond donors (Lipinski definition) is 2. The molecule has 0 aliphatic rings. The van der Waals surface area contributed by atoms with E-state index >= 15 is 0 Å².